The van der Waals surface area contributed by atoms with Crippen LogP contribution in [0, 0.1) is 18.7 Å². The van der Waals surface area contributed by atoms with Gasteiger partial charge in [0.2, 0.25) is 5.91 Å². The van der Waals surface area contributed by atoms with Gasteiger partial charge in [0.1, 0.15) is 5.82 Å². The number of halogens is 7. The minimum atomic E-state index is -5.04. The number of likely N-dealkylation sites (tertiary alicyclic amines) is 1. The topological polar surface area (TPSA) is 83.7 Å². The predicted molar refractivity (Wildman–Crippen MR) is 121 cm³/mol. The second-order valence-corrected chi connectivity index (χ2v) is 9.23. The van der Waals surface area contributed by atoms with E-state index in [-0.39, 0.29) is 31.1 Å². The Morgan fingerprint density at radius 3 is 2.08 bits per heavy atom. The zero-order valence-corrected chi connectivity index (χ0v) is 20.3. The van der Waals surface area contributed by atoms with Crippen molar-refractivity contribution in [2.75, 3.05) is 20.1 Å². The van der Waals surface area contributed by atoms with Gasteiger partial charge < -0.3 is 15.5 Å². The van der Waals surface area contributed by atoms with E-state index in [0.29, 0.717) is 23.3 Å². The summed E-state index contributed by atoms with van der Waals surface area (Å²) in [6, 6.07) is 4.91. The van der Waals surface area contributed by atoms with Crippen LogP contribution in [0.15, 0.2) is 36.4 Å². The average Bonchev–Trinajstić information content (AvgIpc) is 2.81. The molecule has 38 heavy (non-hydrogen) atoms. The van der Waals surface area contributed by atoms with Crippen molar-refractivity contribution in [3.05, 3.63) is 70.0 Å². The molecule has 2 aromatic carbocycles. The van der Waals surface area contributed by atoms with E-state index in [4.69, 9.17) is 5.73 Å². The SMILES string of the molecule is Cc1cc(F)ccc1C1CN(C(=O)C(N)=O)CCC1C(=O)N(C)Cc1cc(C(F)(F)F)cc(C(F)(F)F)c1. The van der Waals surface area contributed by atoms with Gasteiger partial charge in [-0.1, -0.05) is 6.07 Å². The van der Waals surface area contributed by atoms with E-state index in [1.54, 1.807) is 6.92 Å². The number of primary amides is 1. The van der Waals surface area contributed by atoms with Gasteiger partial charge in [0.25, 0.3) is 0 Å². The standard InChI is InChI=1S/C25H24F7N3O3/c1-13-7-17(26)3-4-18(13)20-12-35(23(38)21(33)36)6-5-19(20)22(37)34(2)11-14-8-15(24(27,28)29)10-16(9-14)25(30,31)32/h3-4,7-10,19-20H,5-6,11-12H2,1-2H3,(H2,33,36). The van der Waals surface area contributed by atoms with Crippen molar-refractivity contribution in [3.63, 3.8) is 0 Å². The molecule has 3 amide bonds. The summed E-state index contributed by atoms with van der Waals surface area (Å²) in [4.78, 5) is 39.2. The van der Waals surface area contributed by atoms with Crippen molar-refractivity contribution in [1.82, 2.24) is 9.80 Å². The van der Waals surface area contributed by atoms with Gasteiger partial charge in [0, 0.05) is 38.5 Å². The van der Waals surface area contributed by atoms with E-state index in [0.717, 1.165) is 15.9 Å². The second kappa shape index (κ2) is 10.6. The van der Waals surface area contributed by atoms with E-state index in [1.807, 2.05) is 0 Å². The molecule has 0 saturated carbocycles. The molecule has 0 spiro atoms. The van der Waals surface area contributed by atoms with Crippen LogP contribution < -0.4 is 5.73 Å². The third kappa shape index (κ3) is 6.43. The third-order valence-electron chi connectivity index (χ3n) is 6.50. The molecular weight excluding hydrogens is 523 g/mol. The quantitative estimate of drug-likeness (QED) is 0.459. The lowest BCUT2D eigenvalue weighted by atomic mass is 9.78. The molecule has 2 unspecified atom stereocenters. The molecule has 1 aliphatic heterocycles. The highest BCUT2D eigenvalue weighted by Crippen LogP contribution is 2.38. The molecule has 0 bridgehead atoms. The van der Waals surface area contributed by atoms with Crippen molar-refractivity contribution >= 4 is 17.7 Å². The summed E-state index contributed by atoms with van der Waals surface area (Å²) in [7, 11) is 1.24. The molecule has 0 aliphatic carbocycles. The zero-order valence-electron chi connectivity index (χ0n) is 20.3. The van der Waals surface area contributed by atoms with E-state index in [1.165, 1.54) is 19.2 Å². The third-order valence-corrected chi connectivity index (χ3v) is 6.50. The van der Waals surface area contributed by atoms with Gasteiger partial charge in [-0.3, -0.25) is 14.4 Å². The number of carbonyl (C=O) groups is 3. The summed E-state index contributed by atoms with van der Waals surface area (Å²) in [5, 5.41) is 0. The molecule has 206 valence electrons. The van der Waals surface area contributed by atoms with Gasteiger partial charge in [-0.25, -0.2) is 4.39 Å². The largest absolute Gasteiger partial charge is 0.416 e. The number of nitrogens with zero attached hydrogens (tertiary/aromatic N) is 2. The molecule has 1 fully saturated rings. The molecule has 2 N–H and O–H groups in total. The van der Waals surface area contributed by atoms with Gasteiger partial charge in [-0.15, -0.1) is 0 Å². The Kier molecular flexibility index (Phi) is 8.08. The molecule has 6 nitrogen and oxygen atoms in total. The highest BCUT2D eigenvalue weighted by atomic mass is 19.4. The molecule has 0 aromatic heterocycles. The number of aryl methyl sites for hydroxylation is 1. The van der Waals surface area contributed by atoms with E-state index in [9.17, 15) is 45.1 Å². The van der Waals surface area contributed by atoms with Gasteiger partial charge >= 0.3 is 24.2 Å². The van der Waals surface area contributed by atoms with Gasteiger partial charge in [0.15, 0.2) is 0 Å². The number of hydrogen-bond donors (Lipinski definition) is 1. The second-order valence-electron chi connectivity index (χ2n) is 9.23. The highest BCUT2D eigenvalue weighted by Gasteiger charge is 2.40. The number of hydrogen-bond acceptors (Lipinski definition) is 3. The number of nitrogens with two attached hydrogens (primary N) is 1. The Balaban J connectivity index is 1.93. The number of piperidine rings is 1. The van der Waals surface area contributed by atoms with Crippen LogP contribution in [0.4, 0.5) is 30.7 Å². The van der Waals surface area contributed by atoms with Gasteiger partial charge in [-0.2, -0.15) is 26.3 Å². The molecule has 2 atom stereocenters. The first-order valence-electron chi connectivity index (χ1n) is 11.4. The van der Waals surface area contributed by atoms with Crippen LogP contribution in [0.5, 0.6) is 0 Å². The first-order valence-corrected chi connectivity index (χ1v) is 11.4. The lowest BCUT2D eigenvalue weighted by molar-refractivity contribution is -0.147. The molecule has 2 aromatic rings. The Bertz CT molecular complexity index is 1210. The van der Waals surface area contributed by atoms with Gasteiger partial charge in [-0.05, 0) is 60.4 Å². The molecule has 13 heteroatoms. The number of alkyl halides is 6. The average molecular weight is 547 g/mol. The maximum atomic E-state index is 13.7. The lowest BCUT2D eigenvalue weighted by Gasteiger charge is -2.39. The maximum absolute atomic E-state index is 13.7. The number of carbonyl (C=O) groups excluding carboxylic acids is 3. The Labute approximate surface area is 213 Å². The van der Waals surface area contributed by atoms with Crippen LogP contribution >= 0.6 is 0 Å². The van der Waals surface area contributed by atoms with Crippen molar-refractivity contribution in [2.24, 2.45) is 11.7 Å². The zero-order chi connectivity index (χ0) is 28.6. The van der Waals surface area contributed by atoms with Crippen LogP contribution in [-0.4, -0.2) is 47.7 Å². The maximum Gasteiger partial charge on any atom is 0.416 e. The molecular formula is C25H24F7N3O3. The summed E-state index contributed by atoms with van der Waals surface area (Å²) < 4.78 is 93.2. The molecule has 1 aliphatic rings. The minimum absolute atomic E-state index is 0.00410. The Morgan fingerprint density at radius 2 is 1.58 bits per heavy atom. The Morgan fingerprint density at radius 1 is 1.00 bits per heavy atom. The van der Waals surface area contributed by atoms with Crippen LogP contribution in [0.1, 0.15) is 40.2 Å². The monoisotopic (exact) mass is 547 g/mol. The van der Waals surface area contributed by atoms with Crippen molar-refractivity contribution in [1.29, 1.82) is 0 Å². The van der Waals surface area contributed by atoms with Crippen LogP contribution in [-0.2, 0) is 33.3 Å². The number of amides is 3. The van der Waals surface area contributed by atoms with Crippen molar-refractivity contribution in [2.45, 2.75) is 38.2 Å². The van der Waals surface area contributed by atoms with Crippen LogP contribution in [0.2, 0.25) is 0 Å². The van der Waals surface area contributed by atoms with Crippen LogP contribution in [0.3, 0.4) is 0 Å². The van der Waals surface area contributed by atoms with E-state index in [2.05, 4.69) is 0 Å². The molecule has 0 radical (unpaired) electrons. The Hall–Kier alpha value is -3.64. The normalized spacial score (nSPS) is 18.3. The lowest BCUT2D eigenvalue weighted by Crippen LogP contribution is -2.50. The summed E-state index contributed by atoms with van der Waals surface area (Å²) >= 11 is 0. The summed E-state index contributed by atoms with van der Waals surface area (Å²) in [6.07, 6.45) is -10.0. The molecule has 1 heterocycles. The fourth-order valence-electron chi connectivity index (χ4n) is 4.70. The first-order chi connectivity index (χ1) is 17.5. The first kappa shape index (κ1) is 28.9. The highest BCUT2D eigenvalue weighted by molar-refractivity contribution is 6.34. The van der Waals surface area contributed by atoms with Crippen molar-refractivity contribution < 1.29 is 45.1 Å². The fourth-order valence-corrected chi connectivity index (χ4v) is 4.70. The molecule has 3 rings (SSSR count). The summed E-state index contributed by atoms with van der Waals surface area (Å²) in [5.74, 6) is -4.93. The van der Waals surface area contributed by atoms with Crippen LogP contribution in [0.25, 0.3) is 0 Å². The smallest absolute Gasteiger partial charge is 0.361 e. The summed E-state index contributed by atoms with van der Waals surface area (Å²) in [6.45, 7) is 0.867. The molecule has 1 saturated heterocycles. The van der Waals surface area contributed by atoms with E-state index < -0.39 is 65.4 Å². The van der Waals surface area contributed by atoms with Crippen molar-refractivity contribution in [3.8, 4) is 0 Å². The van der Waals surface area contributed by atoms with E-state index >= 15 is 0 Å². The summed E-state index contributed by atoms with van der Waals surface area (Å²) in [5.41, 5.74) is 2.68. The number of benzene rings is 2. The number of rotatable bonds is 4. The minimum Gasteiger partial charge on any atom is -0.361 e. The predicted octanol–water partition coefficient (Wildman–Crippen LogP) is 4.25. The van der Waals surface area contributed by atoms with Gasteiger partial charge in [0.05, 0.1) is 11.1 Å². The fraction of sp³-hybridized carbons (Fsp3) is 0.400.